The highest BCUT2D eigenvalue weighted by Crippen LogP contribution is 2.24. The third-order valence-corrected chi connectivity index (χ3v) is 3.42. The molecule has 1 unspecified atom stereocenters. The fourth-order valence-corrected chi connectivity index (χ4v) is 2.28. The van der Waals surface area contributed by atoms with Crippen LogP contribution in [0.25, 0.3) is 0 Å². The van der Waals surface area contributed by atoms with Crippen LogP contribution in [-0.2, 0) is 0 Å². The second kappa shape index (κ2) is 7.52. The summed E-state index contributed by atoms with van der Waals surface area (Å²) in [7, 11) is 0. The minimum Gasteiger partial charge on any atom is -0.388 e. The van der Waals surface area contributed by atoms with Gasteiger partial charge in [-0.15, -0.1) is 0 Å². The number of aryl methyl sites for hydroxylation is 2. The van der Waals surface area contributed by atoms with Crippen LogP contribution in [0.4, 0.5) is 4.39 Å². The fourth-order valence-electron chi connectivity index (χ4n) is 2.28. The molecule has 1 atom stereocenters. The molecule has 0 bridgehead atoms. The summed E-state index contributed by atoms with van der Waals surface area (Å²) in [6.45, 7) is 5.69. The van der Waals surface area contributed by atoms with E-state index in [1.54, 1.807) is 26.0 Å². The minimum absolute atomic E-state index is 0.158. The van der Waals surface area contributed by atoms with Gasteiger partial charge >= 0.3 is 0 Å². The predicted octanol–water partition coefficient (Wildman–Crippen LogP) is 4.84. The molecule has 0 aliphatic carbocycles. The number of hydrogen-bond donors (Lipinski definition) is 1. The van der Waals surface area contributed by atoms with Crippen molar-refractivity contribution >= 4 is 0 Å². The van der Waals surface area contributed by atoms with E-state index < -0.39 is 6.10 Å². The van der Waals surface area contributed by atoms with Crippen LogP contribution in [0.5, 0.6) is 0 Å². The Morgan fingerprint density at radius 2 is 1.61 bits per heavy atom. The summed E-state index contributed by atoms with van der Waals surface area (Å²) in [5.74, 6) is -0.158. The largest absolute Gasteiger partial charge is 0.388 e. The lowest BCUT2D eigenvalue weighted by molar-refractivity contribution is 0.163. The van der Waals surface area contributed by atoms with Crippen molar-refractivity contribution in [1.82, 2.24) is 0 Å². The Labute approximate surface area is 110 Å². The molecule has 0 spiro atoms. The summed E-state index contributed by atoms with van der Waals surface area (Å²) in [6.07, 6.45) is 6.27. The molecule has 1 rings (SSSR count). The summed E-state index contributed by atoms with van der Waals surface area (Å²) in [4.78, 5) is 0. The van der Waals surface area contributed by atoms with Gasteiger partial charge in [0, 0.05) is 0 Å². The van der Waals surface area contributed by atoms with Crippen LogP contribution in [0.3, 0.4) is 0 Å². The zero-order valence-corrected chi connectivity index (χ0v) is 11.8. The maximum absolute atomic E-state index is 13.5. The number of unbranched alkanes of at least 4 members (excludes halogenated alkanes) is 4. The number of hydrogen-bond acceptors (Lipinski definition) is 1. The molecule has 2 heteroatoms. The van der Waals surface area contributed by atoms with Gasteiger partial charge in [0.05, 0.1) is 6.10 Å². The van der Waals surface area contributed by atoms with Crippen molar-refractivity contribution in [3.63, 3.8) is 0 Å². The Hall–Kier alpha value is -0.890. The van der Waals surface area contributed by atoms with E-state index in [4.69, 9.17) is 0 Å². The topological polar surface area (TPSA) is 20.2 Å². The van der Waals surface area contributed by atoms with Crippen molar-refractivity contribution in [2.75, 3.05) is 0 Å². The van der Waals surface area contributed by atoms with Crippen molar-refractivity contribution < 1.29 is 9.50 Å². The quantitative estimate of drug-likeness (QED) is 0.689. The van der Waals surface area contributed by atoms with Crippen LogP contribution in [0.2, 0.25) is 0 Å². The van der Waals surface area contributed by atoms with Crippen molar-refractivity contribution in [3.8, 4) is 0 Å². The first-order chi connectivity index (χ1) is 8.56. The van der Waals surface area contributed by atoms with Gasteiger partial charge in [-0.05, 0) is 37.0 Å². The van der Waals surface area contributed by atoms with Gasteiger partial charge in [-0.25, -0.2) is 4.39 Å². The second-order valence-corrected chi connectivity index (χ2v) is 5.19. The fraction of sp³-hybridized carbons (Fsp3) is 0.625. The molecule has 18 heavy (non-hydrogen) atoms. The van der Waals surface area contributed by atoms with E-state index in [0.29, 0.717) is 11.1 Å². The second-order valence-electron chi connectivity index (χ2n) is 5.19. The highest BCUT2D eigenvalue weighted by atomic mass is 19.1. The van der Waals surface area contributed by atoms with E-state index in [1.807, 2.05) is 0 Å². The molecule has 1 aromatic rings. The van der Waals surface area contributed by atoms with Crippen LogP contribution in [0.1, 0.15) is 68.2 Å². The van der Waals surface area contributed by atoms with Gasteiger partial charge in [-0.1, -0.05) is 51.2 Å². The van der Waals surface area contributed by atoms with Gasteiger partial charge in [-0.2, -0.15) is 0 Å². The summed E-state index contributed by atoms with van der Waals surface area (Å²) < 4.78 is 13.5. The van der Waals surface area contributed by atoms with Gasteiger partial charge in [0.15, 0.2) is 0 Å². The molecule has 0 saturated heterocycles. The molecule has 0 heterocycles. The van der Waals surface area contributed by atoms with Gasteiger partial charge in [0.2, 0.25) is 0 Å². The van der Waals surface area contributed by atoms with Gasteiger partial charge in [0.25, 0.3) is 0 Å². The highest BCUT2D eigenvalue weighted by molar-refractivity contribution is 5.31. The summed E-state index contributed by atoms with van der Waals surface area (Å²) in [5.41, 5.74) is 2.09. The molecule has 0 amide bonds. The van der Waals surface area contributed by atoms with E-state index in [0.717, 1.165) is 18.4 Å². The molecule has 1 N–H and O–H groups in total. The average Bonchev–Trinajstić information content (AvgIpc) is 2.34. The summed E-state index contributed by atoms with van der Waals surface area (Å²) in [5, 5.41) is 10.1. The number of benzene rings is 1. The Kier molecular flexibility index (Phi) is 6.34. The van der Waals surface area contributed by atoms with Crippen LogP contribution >= 0.6 is 0 Å². The molecule has 0 fully saturated rings. The number of aliphatic hydroxyl groups excluding tert-OH is 1. The lowest BCUT2D eigenvalue weighted by atomic mass is 9.98. The van der Waals surface area contributed by atoms with E-state index in [1.165, 1.54) is 25.7 Å². The summed E-state index contributed by atoms with van der Waals surface area (Å²) in [6, 6.07) is 3.53. The monoisotopic (exact) mass is 252 g/mol. The molecular weight excluding hydrogens is 227 g/mol. The Bertz CT molecular complexity index is 350. The van der Waals surface area contributed by atoms with E-state index in [-0.39, 0.29) is 5.82 Å². The number of aliphatic hydroxyl groups is 1. The SMILES string of the molecule is CCCCCCCC(O)c1cc(C)c(F)c(C)c1. The highest BCUT2D eigenvalue weighted by Gasteiger charge is 2.11. The summed E-state index contributed by atoms with van der Waals surface area (Å²) >= 11 is 0. The Morgan fingerprint density at radius 1 is 1.06 bits per heavy atom. The first-order valence-electron chi connectivity index (χ1n) is 7.01. The number of rotatable bonds is 7. The minimum atomic E-state index is -0.454. The molecule has 0 aliphatic rings. The van der Waals surface area contributed by atoms with Crippen LogP contribution in [0.15, 0.2) is 12.1 Å². The molecule has 1 nitrogen and oxygen atoms in total. The Balaban J connectivity index is 2.49. The third kappa shape index (κ3) is 4.41. The lowest BCUT2D eigenvalue weighted by Crippen LogP contribution is -2.00. The van der Waals surface area contributed by atoms with Crippen LogP contribution < -0.4 is 0 Å². The zero-order valence-electron chi connectivity index (χ0n) is 11.8. The van der Waals surface area contributed by atoms with Gasteiger partial charge in [0.1, 0.15) is 5.82 Å². The Morgan fingerprint density at radius 3 is 2.17 bits per heavy atom. The maximum Gasteiger partial charge on any atom is 0.129 e. The van der Waals surface area contributed by atoms with E-state index >= 15 is 0 Å². The predicted molar refractivity (Wildman–Crippen MR) is 74.2 cm³/mol. The zero-order chi connectivity index (χ0) is 13.5. The van der Waals surface area contributed by atoms with E-state index in [9.17, 15) is 9.50 Å². The van der Waals surface area contributed by atoms with Crippen molar-refractivity contribution in [2.45, 2.75) is 65.4 Å². The molecule has 0 aliphatic heterocycles. The van der Waals surface area contributed by atoms with Crippen molar-refractivity contribution in [2.24, 2.45) is 0 Å². The smallest absolute Gasteiger partial charge is 0.129 e. The first-order valence-corrected chi connectivity index (χ1v) is 7.01. The average molecular weight is 252 g/mol. The molecule has 1 aromatic carbocycles. The molecule has 102 valence electrons. The van der Waals surface area contributed by atoms with Gasteiger partial charge < -0.3 is 5.11 Å². The third-order valence-electron chi connectivity index (χ3n) is 3.42. The molecule has 0 saturated carbocycles. The van der Waals surface area contributed by atoms with Crippen LogP contribution in [0, 0.1) is 19.7 Å². The molecule has 0 aromatic heterocycles. The van der Waals surface area contributed by atoms with Crippen molar-refractivity contribution in [3.05, 3.63) is 34.6 Å². The normalized spacial score (nSPS) is 12.7. The maximum atomic E-state index is 13.5. The first kappa shape index (κ1) is 15.2. The van der Waals surface area contributed by atoms with Crippen molar-refractivity contribution in [1.29, 1.82) is 0 Å². The van der Waals surface area contributed by atoms with Gasteiger partial charge in [-0.3, -0.25) is 0 Å². The lowest BCUT2D eigenvalue weighted by Gasteiger charge is -2.13. The van der Waals surface area contributed by atoms with Crippen LogP contribution in [-0.4, -0.2) is 5.11 Å². The number of halogens is 1. The van der Waals surface area contributed by atoms with E-state index in [2.05, 4.69) is 6.92 Å². The molecule has 0 radical (unpaired) electrons. The molecular formula is C16H25FO. The standard InChI is InChI=1S/C16H25FO/c1-4-5-6-7-8-9-15(18)14-10-12(2)16(17)13(3)11-14/h10-11,15,18H,4-9H2,1-3H3.